The van der Waals surface area contributed by atoms with Gasteiger partial charge in [-0.1, -0.05) is 13.0 Å². The summed E-state index contributed by atoms with van der Waals surface area (Å²) in [4.78, 5) is 17.7. The third-order valence-electron chi connectivity index (χ3n) is 2.82. The van der Waals surface area contributed by atoms with Crippen molar-refractivity contribution in [2.75, 3.05) is 13.6 Å². The largest absolute Gasteiger partial charge is 0.345 e. The molecule has 1 aromatic rings. The summed E-state index contributed by atoms with van der Waals surface area (Å²) in [6, 6.07) is 5.78. The van der Waals surface area contributed by atoms with E-state index in [1.165, 1.54) is 0 Å². The molecule has 94 valence electrons. The summed E-state index contributed by atoms with van der Waals surface area (Å²) in [6.07, 6.45) is 3.81. The van der Waals surface area contributed by atoms with Crippen LogP contribution in [0.1, 0.15) is 25.5 Å². The molecule has 4 heteroatoms. The van der Waals surface area contributed by atoms with Crippen molar-refractivity contribution in [3.05, 3.63) is 30.1 Å². The van der Waals surface area contributed by atoms with Gasteiger partial charge < -0.3 is 10.6 Å². The minimum Gasteiger partial charge on any atom is -0.345 e. The maximum absolute atomic E-state index is 11.8. The molecule has 0 saturated carbocycles. The molecule has 0 saturated heterocycles. The van der Waals surface area contributed by atoms with Gasteiger partial charge >= 0.3 is 0 Å². The molecule has 0 radical (unpaired) electrons. The van der Waals surface area contributed by atoms with Crippen LogP contribution in [0, 0.1) is 0 Å². The number of carbonyl (C=O) groups is 1. The Bertz CT molecular complexity index is 340. The Morgan fingerprint density at radius 2 is 2.29 bits per heavy atom. The average Bonchev–Trinajstić information content (AvgIpc) is 2.36. The lowest BCUT2D eigenvalue weighted by Crippen LogP contribution is -2.34. The van der Waals surface area contributed by atoms with Crippen LogP contribution in [-0.2, 0) is 11.2 Å². The van der Waals surface area contributed by atoms with Gasteiger partial charge in [0.05, 0.1) is 0 Å². The number of rotatable bonds is 6. The Labute approximate surface area is 103 Å². The lowest BCUT2D eigenvalue weighted by molar-refractivity contribution is -0.130. The number of aromatic nitrogens is 1. The summed E-state index contributed by atoms with van der Waals surface area (Å²) in [6.45, 7) is 2.68. The first-order valence-electron chi connectivity index (χ1n) is 6.03. The average molecular weight is 235 g/mol. The molecule has 4 nitrogen and oxygen atoms in total. The molecule has 1 heterocycles. The normalized spacial score (nSPS) is 12.2. The van der Waals surface area contributed by atoms with Crippen LogP contribution >= 0.6 is 0 Å². The second-order valence-corrected chi connectivity index (χ2v) is 4.26. The molecule has 0 spiro atoms. The third kappa shape index (κ3) is 4.95. The predicted molar refractivity (Wildman–Crippen MR) is 68.5 cm³/mol. The van der Waals surface area contributed by atoms with Crippen LogP contribution < -0.4 is 5.73 Å². The van der Waals surface area contributed by atoms with Gasteiger partial charge in [-0.2, -0.15) is 0 Å². The van der Waals surface area contributed by atoms with Crippen molar-refractivity contribution in [3.8, 4) is 0 Å². The second-order valence-electron chi connectivity index (χ2n) is 4.26. The number of likely N-dealkylation sites (N-methyl/N-ethyl adjacent to an activating group) is 1. The van der Waals surface area contributed by atoms with Crippen LogP contribution in [0.15, 0.2) is 24.4 Å². The summed E-state index contributed by atoms with van der Waals surface area (Å²) in [5, 5.41) is 0. The Balaban J connectivity index is 2.34. The number of hydrogen-bond donors (Lipinski definition) is 1. The standard InChI is InChI=1S/C13H21N3O/c1-3-11(14)10-13(17)16(2)9-7-12-6-4-5-8-15-12/h4-6,8,11H,3,7,9-10,14H2,1-2H3. The van der Waals surface area contributed by atoms with E-state index in [0.717, 1.165) is 18.5 Å². The van der Waals surface area contributed by atoms with Gasteiger partial charge in [0, 0.05) is 44.4 Å². The van der Waals surface area contributed by atoms with Gasteiger partial charge in [0.1, 0.15) is 0 Å². The van der Waals surface area contributed by atoms with Crippen LogP contribution in [0.3, 0.4) is 0 Å². The van der Waals surface area contributed by atoms with E-state index in [1.807, 2.05) is 32.2 Å². The van der Waals surface area contributed by atoms with Crippen LogP contribution in [0.2, 0.25) is 0 Å². The molecule has 0 bridgehead atoms. The first-order valence-corrected chi connectivity index (χ1v) is 6.03. The van der Waals surface area contributed by atoms with E-state index in [0.29, 0.717) is 13.0 Å². The Hall–Kier alpha value is -1.42. The zero-order valence-corrected chi connectivity index (χ0v) is 10.6. The van der Waals surface area contributed by atoms with E-state index in [2.05, 4.69) is 4.98 Å². The number of pyridine rings is 1. The monoisotopic (exact) mass is 235 g/mol. The topological polar surface area (TPSA) is 59.2 Å². The van der Waals surface area contributed by atoms with Crippen molar-refractivity contribution in [3.63, 3.8) is 0 Å². The van der Waals surface area contributed by atoms with Crippen LogP contribution in [0.4, 0.5) is 0 Å². The highest BCUT2D eigenvalue weighted by atomic mass is 16.2. The molecule has 1 unspecified atom stereocenters. The Kier molecular flexibility index (Phi) is 5.63. The molecule has 0 aliphatic carbocycles. The van der Waals surface area contributed by atoms with Gasteiger partial charge in [-0.05, 0) is 18.6 Å². The summed E-state index contributed by atoms with van der Waals surface area (Å²) in [5.41, 5.74) is 6.77. The molecule has 17 heavy (non-hydrogen) atoms. The molecule has 0 aliphatic heterocycles. The quantitative estimate of drug-likeness (QED) is 0.806. The molecule has 1 aromatic heterocycles. The van der Waals surface area contributed by atoms with Crippen molar-refractivity contribution in [1.29, 1.82) is 0 Å². The van der Waals surface area contributed by atoms with Crippen molar-refractivity contribution >= 4 is 5.91 Å². The van der Waals surface area contributed by atoms with Gasteiger partial charge in [0.15, 0.2) is 0 Å². The number of hydrogen-bond acceptors (Lipinski definition) is 3. The van der Waals surface area contributed by atoms with E-state index in [4.69, 9.17) is 5.73 Å². The highest BCUT2D eigenvalue weighted by Gasteiger charge is 2.12. The fourth-order valence-corrected chi connectivity index (χ4v) is 1.48. The maximum Gasteiger partial charge on any atom is 0.223 e. The second kappa shape index (κ2) is 7.01. The molecular weight excluding hydrogens is 214 g/mol. The molecule has 0 fully saturated rings. The molecule has 1 atom stereocenters. The summed E-state index contributed by atoms with van der Waals surface area (Å²) >= 11 is 0. The van der Waals surface area contributed by atoms with Crippen LogP contribution in [0.5, 0.6) is 0 Å². The van der Waals surface area contributed by atoms with Gasteiger partial charge in [0.25, 0.3) is 0 Å². The molecule has 0 aliphatic rings. The van der Waals surface area contributed by atoms with Crippen molar-refractivity contribution in [1.82, 2.24) is 9.88 Å². The van der Waals surface area contributed by atoms with E-state index >= 15 is 0 Å². The predicted octanol–water partition coefficient (Wildman–Crippen LogP) is 1.21. The van der Waals surface area contributed by atoms with Crippen molar-refractivity contribution in [2.24, 2.45) is 5.73 Å². The van der Waals surface area contributed by atoms with Gasteiger partial charge in [-0.15, -0.1) is 0 Å². The first-order chi connectivity index (χ1) is 8.13. The maximum atomic E-state index is 11.8. The number of amides is 1. The summed E-state index contributed by atoms with van der Waals surface area (Å²) in [5.74, 6) is 0.107. The zero-order valence-electron chi connectivity index (χ0n) is 10.6. The summed E-state index contributed by atoms with van der Waals surface area (Å²) in [7, 11) is 1.81. The third-order valence-corrected chi connectivity index (χ3v) is 2.82. The van der Waals surface area contributed by atoms with Gasteiger partial charge in [-0.25, -0.2) is 0 Å². The smallest absolute Gasteiger partial charge is 0.223 e. The van der Waals surface area contributed by atoms with Gasteiger partial charge in [-0.3, -0.25) is 9.78 Å². The van der Waals surface area contributed by atoms with Crippen LogP contribution in [-0.4, -0.2) is 35.4 Å². The van der Waals surface area contributed by atoms with Crippen molar-refractivity contribution in [2.45, 2.75) is 32.2 Å². The minimum atomic E-state index is -0.0280. The lowest BCUT2D eigenvalue weighted by atomic mass is 10.1. The molecule has 2 N–H and O–H groups in total. The van der Waals surface area contributed by atoms with E-state index in [1.54, 1.807) is 11.1 Å². The van der Waals surface area contributed by atoms with Gasteiger partial charge in [0.2, 0.25) is 5.91 Å². The van der Waals surface area contributed by atoms with E-state index in [9.17, 15) is 4.79 Å². The first kappa shape index (κ1) is 13.6. The minimum absolute atomic E-state index is 0.0280. The highest BCUT2D eigenvalue weighted by molar-refractivity contribution is 5.76. The fourth-order valence-electron chi connectivity index (χ4n) is 1.48. The Morgan fingerprint density at radius 1 is 1.53 bits per heavy atom. The zero-order chi connectivity index (χ0) is 12.7. The summed E-state index contributed by atoms with van der Waals surface area (Å²) < 4.78 is 0. The Morgan fingerprint density at radius 3 is 2.88 bits per heavy atom. The lowest BCUT2D eigenvalue weighted by Gasteiger charge is -2.18. The number of nitrogens with zero attached hydrogens (tertiary/aromatic N) is 2. The molecule has 0 aromatic carbocycles. The highest BCUT2D eigenvalue weighted by Crippen LogP contribution is 2.01. The fraction of sp³-hybridized carbons (Fsp3) is 0.538. The van der Waals surface area contributed by atoms with Crippen LogP contribution in [0.25, 0.3) is 0 Å². The van der Waals surface area contributed by atoms with E-state index < -0.39 is 0 Å². The SMILES string of the molecule is CCC(N)CC(=O)N(C)CCc1ccccn1. The number of carbonyl (C=O) groups excluding carboxylic acids is 1. The number of nitrogens with two attached hydrogens (primary N) is 1. The molecule has 1 rings (SSSR count). The molecule has 1 amide bonds. The van der Waals surface area contributed by atoms with E-state index in [-0.39, 0.29) is 11.9 Å². The molecular formula is C13H21N3O. The van der Waals surface area contributed by atoms with Crippen molar-refractivity contribution < 1.29 is 4.79 Å².